The van der Waals surface area contributed by atoms with E-state index in [1.165, 1.54) is 28.6 Å². The molecule has 1 atom stereocenters. The molecule has 0 aromatic heterocycles. The van der Waals surface area contributed by atoms with Gasteiger partial charge in [-0.2, -0.15) is 4.31 Å². The van der Waals surface area contributed by atoms with Crippen molar-refractivity contribution < 1.29 is 27.1 Å². The molecule has 1 fully saturated rings. The summed E-state index contributed by atoms with van der Waals surface area (Å²) in [6.07, 6.45) is 0.683. The minimum absolute atomic E-state index is 0.000999. The van der Waals surface area contributed by atoms with Crippen LogP contribution in [0.5, 0.6) is 0 Å². The van der Waals surface area contributed by atoms with Crippen LogP contribution in [0.1, 0.15) is 35.2 Å². The van der Waals surface area contributed by atoms with Crippen molar-refractivity contribution >= 4 is 33.2 Å². The van der Waals surface area contributed by atoms with E-state index >= 15 is 0 Å². The maximum Gasteiger partial charge on any atom is 0.255 e. The van der Waals surface area contributed by atoms with Gasteiger partial charge in [0.05, 0.1) is 16.0 Å². The van der Waals surface area contributed by atoms with Gasteiger partial charge in [-0.15, -0.1) is 0 Å². The highest BCUT2D eigenvalue weighted by molar-refractivity contribution is 7.89. The Hall–Kier alpha value is -2.07. The Bertz CT molecular complexity index is 1050. The maximum atomic E-state index is 13.5. The third kappa shape index (κ3) is 4.97. The first-order chi connectivity index (χ1) is 14.2. The Morgan fingerprint density at radius 1 is 1.20 bits per heavy atom. The molecule has 10 heteroatoms. The first-order valence-corrected chi connectivity index (χ1v) is 11.2. The zero-order chi connectivity index (χ0) is 21.9. The molecule has 1 saturated heterocycles. The third-order valence-corrected chi connectivity index (χ3v) is 7.20. The van der Waals surface area contributed by atoms with Gasteiger partial charge in [0.2, 0.25) is 10.0 Å². The van der Waals surface area contributed by atoms with E-state index in [2.05, 4.69) is 5.32 Å². The van der Waals surface area contributed by atoms with Gasteiger partial charge in [-0.1, -0.05) is 17.7 Å². The number of carbonyl (C=O) groups is 1. The van der Waals surface area contributed by atoms with Crippen molar-refractivity contribution in [3.63, 3.8) is 0 Å². The number of aliphatic hydroxyl groups is 1. The summed E-state index contributed by atoms with van der Waals surface area (Å²) in [4.78, 5) is 12.3. The Morgan fingerprint density at radius 2 is 1.97 bits per heavy atom. The first kappa shape index (κ1) is 22.6. The Morgan fingerprint density at radius 3 is 2.67 bits per heavy atom. The van der Waals surface area contributed by atoms with Crippen LogP contribution in [-0.4, -0.2) is 42.9 Å². The van der Waals surface area contributed by atoms with E-state index < -0.39 is 34.5 Å². The van der Waals surface area contributed by atoms with Crippen LogP contribution in [0.15, 0.2) is 41.3 Å². The lowest BCUT2D eigenvalue weighted by Crippen LogP contribution is -2.33. The molecule has 1 amide bonds. The second kappa shape index (κ2) is 9.38. The number of hydrogen-bond donors (Lipinski definition) is 2. The molecule has 0 aliphatic carbocycles. The molecular formula is C20H21ClF2N2O4S. The molecule has 2 aromatic carbocycles. The van der Waals surface area contributed by atoms with Crippen LogP contribution in [0.2, 0.25) is 5.02 Å². The number of rotatable bonds is 5. The van der Waals surface area contributed by atoms with E-state index in [4.69, 9.17) is 11.6 Å². The van der Waals surface area contributed by atoms with Gasteiger partial charge in [0, 0.05) is 29.9 Å². The van der Waals surface area contributed by atoms with Crippen LogP contribution in [0.4, 0.5) is 14.5 Å². The van der Waals surface area contributed by atoms with E-state index in [0.717, 1.165) is 12.1 Å². The first-order valence-electron chi connectivity index (χ1n) is 9.36. The Kier molecular flexibility index (Phi) is 7.07. The SMILES string of the molecule is O=C(Nc1ccc(F)c(Cl)c1)c1ccc(CF)c(S(=O)(=O)N2CCCC(O)CC2)c1. The number of aliphatic hydroxyl groups excluding tert-OH is 1. The fourth-order valence-electron chi connectivity index (χ4n) is 3.26. The number of nitrogens with one attached hydrogen (secondary N) is 1. The van der Waals surface area contributed by atoms with Crippen LogP contribution >= 0.6 is 11.6 Å². The van der Waals surface area contributed by atoms with Gasteiger partial charge in [0.15, 0.2) is 0 Å². The van der Waals surface area contributed by atoms with Crippen molar-refractivity contribution in [2.75, 3.05) is 18.4 Å². The van der Waals surface area contributed by atoms with Gasteiger partial charge in [0.1, 0.15) is 12.5 Å². The number of nitrogens with zero attached hydrogens (tertiary/aromatic N) is 1. The second-order valence-electron chi connectivity index (χ2n) is 7.03. The van der Waals surface area contributed by atoms with Crippen LogP contribution < -0.4 is 5.32 Å². The average Bonchev–Trinajstić information content (AvgIpc) is 2.95. The van der Waals surface area contributed by atoms with Crippen LogP contribution in [0.3, 0.4) is 0 Å². The number of sulfonamides is 1. The van der Waals surface area contributed by atoms with Crippen molar-refractivity contribution in [1.29, 1.82) is 0 Å². The molecular weight excluding hydrogens is 438 g/mol. The molecule has 1 heterocycles. The van der Waals surface area contributed by atoms with E-state index in [-0.39, 0.29) is 46.2 Å². The average molecular weight is 459 g/mol. The molecule has 0 bridgehead atoms. The van der Waals surface area contributed by atoms with Crippen molar-refractivity contribution in [2.24, 2.45) is 0 Å². The number of anilines is 1. The van der Waals surface area contributed by atoms with E-state index in [1.54, 1.807) is 0 Å². The minimum Gasteiger partial charge on any atom is -0.393 e. The predicted molar refractivity (Wildman–Crippen MR) is 109 cm³/mol. The van der Waals surface area contributed by atoms with Gasteiger partial charge < -0.3 is 10.4 Å². The molecule has 0 saturated carbocycles. The molecule has 1 unspecified atom stereocenters. The number of halogens is 3. The highest BCUT2D eigenvalue weighted by Gasteiger charge is 2.30. The monoisotopic (exact) mass is 458 g/mol. The second-order valence-corrected chi connectivity index (χ2v) is 9.34. The summed E-state index contributed by atoms with van der Waals surface area (Å²) in [7, 11) is -4.06. The quantitative estimate of drug-likeness (QED) is 0.714. The Balaban J connectivity index is 1.90. The van der Waals surface area contributed by atoms with E-state index in [0.29, 0.717) is 12.8 Å². The van der Waals surface area contributed by atoms with Crippen molar-refractivity contribution in [3.05, 3.63) is 58.4 Å². The minimum atomic E-state index is -4.06. The zero-order valence-electron chi connectivity index (χ0n) is 15.9. The molecule has 0 radical (unpaired) electrons. The molecule has 162 valence electrons. The zero-order valence-corrected chi connectivity index (χ0v) is 17.5. The number of benzene rings is 2. The van der Waals surface area contributed by atoms with Gasteiger partial charge in [-0.3, -0.25) is 4.79 Å². The van der Waals surface area contributed by atoms with Gasteiger partial charge >= 0.3 is 0 Å². The highest BCUT2D eigenvalue weighted by Crippen LogP contribution is 2.26. The highest BCUT2D eigenvalue weighted by atomic mass is 35.5. The molecule has 2 aromatic rings. The summed E-state index contributed by atoms with van der Waals surface area (Å²) >= 11 is 5.71. The largest absolute Gasteiger partial charge is 0.393 e. The third-order valence-electron chi connectivity index (χ3n) is 4.93. The molecule has 30 heavy (non-hydrogen) atoms. The van der Waals surface area contributed by atoms with E-state index in [9.17, 15) is 27.1 Å². The standard InChI is InChI=1S/C20H21ClF2N2O4S/c21-17-11-15(5-6-18(17)23)24-20(27)13-3-4-14(12-22)19(10-13)30(28,29)25-8-1-2-16(26)7-9-25/h3-6,10-11,16,26H,1-2,7-9,12H2,(H,24,27). The van der Waals surface area contributed by atoms with Gasteiger partial charge in [0.25, 0.3) is 5.91 Å². The fraction of sp³-hybridized carbons (Fsp3) is 0.350. The van der Waals surface area contributed by atoms with Gasteiger partial charge in [-0.05, 0) is 49.6 Å². The van der Waals surface area contributed by atoms with Crippen molar-refractivity contribution in [3.8, 4) is 0 Å². The molecule has 0 spiro atoms. The fourth-order valence-corrected chi connectivity index (χ4v) is 5.16. The Labute approximate surface area is 178 Å². The smallest absolute Gasteiger partial charge is 0.255 e. The molecule has 6 nitrogen and oxygen atoms in total. The number of hydrogen-bond acceptors (Lipinski definition) is 4. The lowest BCUT2D eigenvalue weighted by molar-refractivity contribution is 0.102. The van der Waals surface area contributed by atoms with Crippen LogP contribution in [0, 0.1) is 5.82 Å². The summed E-state index contributed by atoms with van der Waals surface area (Å²) in [6, 6.07) is 7.34. The lowest BCUT2D eigenvalue weighted by atomic mass is 10.1. The summed E-state index contributed by atoms with van der Waals surface area (Å²) in [5.41, 5.74) is 0.175. The number of amides is 1. The summed E-state index contributed by atoms with van der Waals surface area (Å²) < 4.78 is 54.3. The normalized spacial score (nSPS) is 18.1. The summed E-state index contributed by atoms with van der Waals surface area (Å²) in [5, 5.41) is 12.1. The van der Waals surface area contributed by atoms with E-state index in [1.807, 2.05) is 0 Å². The molecule has 1 aliphatic heterocycles. The number of carbonyl (C=O) groups excluding carboxylic acids is 1. The van der Waals surface area contributed by atoms with Crippen LogP contribution in [-0.2, 0) is 16.7 Å². The molecule has 3 rings (SSSR count). The summed E-state index contributed by atoms with van der Waals surface area (Å²) in [6.45, 7) is -0.699. The van der Waals surface area contributed by atoms with Crippen molar-refractivity contribution in [1.82, 2.24) is 4.31 Å². The van der Waals surface area contributed by atoms with Gasteiger partial charge in [-0.25, -0.2) is 17.2 Å². The molecule has 2 N–H and O–H groups in total. The predicted octanol–water partition coefficient (Wildman–Crippen LogP) is 3.74. The van der Waals surface area contributed by atoms with Crippen LogP contribution in [0.25, 0.3) is 0 Å². The molecule has 1 aliphatic rings. The summed E-state index contributed by atoms with van der Waals surface area (Å²) in [5.74, 6) is -1.29. The van der Waals surface area contributed by atoms with Crippen molar-refractivity contribution in [2.45, 2.75) is 36.9 Å². The number of alkyl halides is 1. The lowest BCUT2D eigenvalue weighted by Gasteiger charge is -2.21. The topological polar surface area (TPSA) is 86.7 Å². The maximum absolute atomic E-state index is 13.5.